The van der Waals surface area contributed by atoms with Crippen LogP contribution in [0.5, 0.6) is 5.75 Å². The number of likely N-dealkylation sites (tertiary alicyclic amines) is 1. The summed E-state index contributed by atoms with van der Waals surface area (Å²) < 4.78 is 5.99. The molecule has 4 atom stereocenters. The van der Waals surface area contributed by atoms with Crippen LogP contribution in [0.3, 0.4) is 0 Å². The third kappa shape index (κ3) is 4.75. The van der Waals surface area contributed by atoms with Gasteiger partial charge >= 0.3 is 7.12 Å². The molecule has 2 aliphatic heterocycles. The monoisotopic (exact) mass is 491 g/mol. The van der Waals surface area contributed by atoms with Crippen LogP contribution in [-0.2, 0) is 20.8 Å². The minimum absolute atomic E-state index is 0.0887. The van der Waals surface area contributed by atoms with Crippen LogP contribution in [0.15, 0.2) is 58.5 Å². The second-order valence-electron chi connectivity index (χ2n) is 9.96. The first-order valence-corrected chi connectivity index (χ1v) is 13.1. The summed E-state index contributed by atoms with van der Waals surface area (Å²) in [6, 6.07) is 11.0. The molecule has 182 valence electrons. The van der Waals surface area contributed by atoms with Crippen LogP contribution >= 0.6 is 11.3 Å². The van der Waals surface area contributed by atoms with Crippen LogP contribution in [0.2, 0.25) is 6.32 Å². The molecule has 6 nitrogen and oxygen atoms in total. The molecule has 0 unspecified atom stereocenters. The van der Waals surface area contributed by atoms with Crippen molar-refractivity contribution in [1.82, 2.24) is 4.90 Å². The molecule has 2 fully saturated rings. The van der Waals surface area contributed by atoms with E-state index in [4.69, 9.17) is 4.65 Å². The summed E-state index contributed by atoms with van der Waals surface area (Å²) in [7, 11) is -0.954. The van der Waals surface area contributed by atoms with E-state index in [1.54, 1.807) is 23.5 Å². The Kier molecular flexibility index (Phi) is 6.70. The van der Waals surface area contributed by atoms with Crippen LogP contribution in [0.25, 0.3) is 6.08 Å². The maximum Gasteiger partial charge on any atom is 0.455 e. The Morgan fingerprint density at radius 2 is 2.06 bits per heavy atom. The first-order valence-electron chi connectivity index (χ1n) is 12.2. The highest BCUT2D eigenvalue weighted by Crippen LogP contribution is 2.50. The Labute approximate surface area is 210 Å². The zero-order chi connectivity index (χ0) is 24.7. The topological polar surface area (TPSA) is 87.1 Å². The lowest BCUT2D eigenvalue weighted by Gasteiger charge is -2.42. The third-order valence-electron chi connectivity index (χ3n) is 7.52. The molecule has 0 bridgehead atoms. The van der Waals surface area contributed by atoms with E-state index in [2.05, 4.69) is 0 Å². The number of hydrogen-bond donors (Lipinski definition) is 2. The lowest BCUT2D eigenvalue weighted by Crippen LogP contribution is -2.46. The van der Waals surface area contributed by atoms with Crippen LogP contribution in [-0.4, -0.2) is 40.1 Å². The molecule has 0 spiro atoms. The fraction of sp³-hybridized carbons (Fsp3) is 0.407. The number of phenolic OH excluding ortho intramolecular Hbond substituents is 1. The second-order valence-corrected chi connectivity index (χ2v) is 11.0. The number of fused-ring (bicyclic) bond motifs is 3. The SMILES string of the molecule is CC1=C2[C@@H](CC/C(C)=C/c3cccc(O)c3)OB(O)C[C@@H]2[C@@H]2C(=O)N(Cc3cccs3)C(=O)[C@@H]2C1. The number of phenols is 1. The summed E-state index contributed by atoms with van der Waals surface area (Å²) in [6.45, 7) is 4.41. The van der Waals surface area contributed by atoms with Gasteiger partial charge in [-0.25, -0.2) is 0 Å². The van der Waals surface area contributed by atoms with Crippen molar-refractivity contribution in [2.24, 2.45) is 17.8 Å². The minimum atomic E-state index is -0.954. The van der Waals surface area contributed by atoms with E-state index in [-0.39, 0.29) is 35.5 Å². The van der Waals surface area contributed by atoms with Gasteiger partial charge in [-0.1, -0.05) is 35.4 Å². The molecule has 1 aromatic carbocycles. The average molecular weight is 491 g/mol. The van der Waals surface area contributed by atoms with E-state index < -0.39 is 13.0 Å². The molecular formula is C27H30BNO5S. The normalized spacial score (nSPS) is 26.9. The first-order chi connectivity index (χ1) is 16.8. The van der Waals surface area contributed by atoms with E-state index in [0.29, 0.717) is 25.7 Å². The fourth-order valence-corrected chi connectivity index (χ4v) is 6.72. The van der Waals surface area contributed by atoms with E-state index in [1.165, 1.54) is 4.90 Å². The average Bonchev–Trinajstić information content (AvgIpc) is 3.40. The predicted octanol–water partition coefficient (Wildman–Crippen LogP) is 4.65. The highest BCUT2D eigenvalue weighted by Gasteiger charge is 2.56. The van der Waals surface area contributed by atoms with Crippen LogP contribution < -0.4 is 0 Å². The van der Waals surface area contributed by atoms with Crippen LogP contribution in [0.1, 0.15) is 43.6 Å². The number of imide groups is 1. The molecule has 2 aromatic rings. The number of thiophene rings is 1. The maximum absolute atomic E-state index is 13.5. The molecule has 8 heteroatoms. The lowest BCUT2D eigenvalue weighted by molar-refractivity contribution is -0.140. The Morgan fingerprint density at radius 3 is 2.80 bits per heavy atom. The molecular weight excluding hydrogens is 461 g/mol. The quantitative estimate of drug-likeness (QED) is 0.349. The molecule has 1 aromatic heterocycles. The molecule has 0 radical (unpaired) electrons. The molecule has 3 heterocycles. The molecule has 35 heavy (non-hydrogen) atoms. The van der Waals surface area contributed by atoms with Crippen molar-refractivity contribution in [3.8, 4) is 5.75 Å². The minimum Gasteiger partial charge on any atom is -0.508 e. The fourth-order valence-electron chi connectivity index (χ4n) is 6.03. The Bertz CT molecular complexity index is 1190. The highest BCUT2D eigenvalue weighted by atomic mass is 32.1. The second kappa shape index (κ2) is 9.76. The predicted molar refractivity (Wildman–Crippen MR) is 136 cm³/mol. The number of benzene rings is 1. The highest BCUT2D eigenvalue weighted by molar-refractivity contribution is 7.09. The summed E-state index contributed by atoms with van der Waals surface area (Å²) in [4.78, 5) is 29.1. The summed E-state index contributed by atoms with van der Waals surface area (Å²) >= 11 is 1.55. The van der Waals surface area contributed by atoms with E-state index in [1.807, 2.05) is 49.6 Å². The number of allylic oxidation sites excluding steroid dienone is 2. The van der Waals surface area contributed by atoms with Gasteiger partial charge in [-0.3, -0.25) is 14.5 Å². The molecule has 5 rings (SSSR count). The van der Waals surface area contributed by atoms with Gasteiger partial charge in [-0.05, 0) is 80.1 Å². The van der Waals surface area contributed by atoms with Crippen molar-refractivity contribution in [2.45, 2.75) is 52.1 Å². The van der Waals surface area contributed by atoms with Gasteiger partial charge in [0.1, 0.15) is 5.75 Å². The Hall–Kier alpha value is -2.68. The first kappa shape index (κ1) is 24.0. The number of carbonyl (C=O) groups is 2. The van der Waals surface area contributed by atoms with Crippen molar-refractivity contribution in [3.05, 3.63) is 68.9 Å². The summed E-state index contributed by atoms with van der Waals surface area (Å²) in [5.74, 6) is -0.927. The van der Waals surface area contributed by atoms with Crippen LogP contribution in [0.4, 0.5) is 0 Å². The molecule has 2 saturated heterocycles. The standard InChI is InChI=1S/C27H30BNO5S/c1-16(11-18-5-3-6-19(30)13-18)8-9-23-24-17(2)12-21-25(22(24)14-28(33)34-23)27(32)29(26(21)31)15-20-7-4-10-35-20/h3-7,10-11,13,21-23,25,30,33H,8-9,12,14-15H2,1-2H3/b16-11+/t21-,22+,23-,25-/m1/s1. The zero-order valence-electron chi connectivity index (χ0n) is 20.0. The van der Waals surface area contributed by atoms with Crippen molar-refractivity contribution in [3.63, 3.8) is 0 Å². The number of amides is 2. The Balaban J connectivity index is 1.35. The van der Waals surface area contributed by atoms with Gasteiger partial charge in [-0.2, -0.15) is 0 Å². The van der Waals surface area contributed by atoms with E-state index in [0.717, 1.165) is 33.6 Å². The van der Waals surface area contributed by atoms with Gasteiger partial charge in [0.15, 0.2) is 0 Å². The lowest BCUT2D eigenvalue weighted by atomic mass is 9.59. The zero-order valence-corrected chi connectivity index (χ0v) is 20.8. The number of nitrogens with zero attached hydrogens (tertiary/aromatic N) is 1. The molecule has 2 N–H and O–H groups in total. The van der Waals surface area contributed by atoms with Crippen LogP contribution in [0, 0.1) is 17.8 Å². The van der Waals surface area contributed by atoms with Gasteiger partial charge in [0.25, 0.3) is 0 Å². The number of hydrogen-bond acceptors (Lipinski definition) is 6. The molecule has 3 aliphatic rings. The van der Waals surface area contributed by atoms with E-state index >= 15 is 0 Å². The number of aromatic hydroxyl groups is 1. The van der Waals surface area contributed by atoms with Gasteiger partial charge in [-0.15, -0.1) is 11.3 Å². The van der Waals surface area contributed by atoms with Gasteiger partial charge in [0, 0.05) is 4.88 Å². The number of carbonyl (C=O) groups excluding carboxylic acids is 2. The molecule has 1 aliphatic carbocycles. The summed E-state index contributed by atoms with van der Waals surface area (Å²) in [6.07, 6.45) is 4.09. The summed E-state index contributed by atoms with van der Waals surface area (Å²) in [5, 5.41) is 22.3. The van der Waals surface area contributed by atoms with E-state index in [9.17, 15) is 19.7 Å². The molecule has 0 saturated carbocycles. The smallest absolute Gasteiger partial charge is 0.455 e. The van der Waals surface area contributed by atoms with Gasteiger partial charge < -0.3 is 14.8 Å². The summed E-state index contributed by atoms with van der Waals surface area (Å²) in [5.41, 5.74) is 4.28. The van der Waals surface area contributed by atoms with Crippen molar-refractivity contribution >= 4 is 36.3 Å². The Morgan fingerprint density at radius 1 is 1.23 bits per heavy atom. The van der Waals surface area contributed by atoms with Crippen molar-refractivity contribution in [2.75, 3.05) is 0 Å². The molecule has 2 amide bonds. The van der Waals surface area contributed by atoms with Crippen molar-refractivity contribution < 1.29 is 24.4 Å². The van der Waals surface area contributed by atoms with Gasteiger partial charge in [0.05, 0.1) is 24.5 Å². The largest absolute Gasteiger partial charge is 0.508 e. The third-order valence-corrected chi connectivity index (χ3v) is 8.38. The van der Waals surface area contributed by atoms with Gasteiger partial charge in [0.2, 0.25) is 11.8 Å². The maximum atomic E-state index is 13.5. The van der Waals surface area contributed by atoms with Crippen molar-refractivity contribution in [1.29, 1.82) is 0 Å². The number of rotatable bonds is 6.